The van der Waals surface area contributed by atoms with Gasteiger partial charge in [-0.2, -0.15) is 0 Å². The maximum absolute atomic E-state index is 3.62. The van der Waals surface area contributed by atoms with Crippen LogP contribution in [-0.2, 0) is 11.8 Å². The number of likely N-dealkylation sites (tertiary alicyclic amines) is 1. The van der Waals surface area contributed by atoms with Gasteiger partial charge in [-0.15, -0.1) is 0 Å². The van der Waals surface area contributed by atoms with Crippen molar-refractivity contribution in [2.45, 2.75) is 31.1 Å². The summed E-state index contributed by atoms with van der Waals surface area (Å²) in [6.07, 6.45) is 5.33. The van der Waals surface area contributed by atoms with Gasteiger partial charge in [0.15, 0.2) is 0 Å². The summed E-state index contributed by atoms with van der Waals surface area (Å²) in [6, 6.07) is 6.87. The second-order valence-corrected chi connectivity index (χ2v) is 6.30. The highest BCUT2D eigenvalue weighted by molar-refractivity contribution is 9.10. The largest absolute Gasteiger partial charge is 0.306 e. The molecule has 0 saturated carbocycles. The van der Waals surface area contributed by atoms with Crippen LogP contribution in [-0.4, -0.2) is 25.0 Å². The maximum atomic E-state index is 3.62. The van der Waals surface area contributed by atoms with Gasteiger partial charge in [0.2, 0.25) is 0 Å². The lowest BCUT2D eigenvalue weighted by Gasteiger charge is -2.38. The third-order valence-electron chi connectivity index (χ3n) is 4.46. The van der Waals surface area contributed by atoms with E-state index >= 15 is 0 Å². The molecule has 0 atom stereocenters. The molecule has 16 heavy (non-hydrogen) atoms. The van der Waals surface area contributed by atoms with Gasteiger partial charge in [-0.3, -0.25) is 0 Å². The number of nitrogens with zero attached hydrogens (tertiary/aromatic N) is 1. The first-order chi connectivity index (χ1) is 7.70. The molecule has 1 spiro atoms. The van der Waals surface area contributed by atoms with E-state index in [0.29, 0.717) is 5.41 Å². The molecule has 1 nitrogen and oxygen atoms in total. The molecule has 0 N–H and O–H groups in total. The molecule has 1 saturated heterocycles. The van der Waals surface area contributed by atoms with Crippen LogP contribution in [0.3, 0.4) is 0 Å². The fraction of sp³-hybridized carbons (Fsp3) is 0.571. The van der Waals surface area contributed by atoms with E-state index in [4.69, 9.17) is 0 Å². The SMILES string of the molecule is CN1CCC2(CCc3ccc(Br)cc32)CC1. The molecule has 1 aliphatic carbocycles. The number of benzene rings is 1. The maximum Gasteiger partial charge on any atom is 0.0178 e. The summed E-state index contributed by atoms with van der Waals surface area (Å²) in [6.45, 7) is 2.51. The van der Waals surface area contributed by atoms with Crippen molar-refractivity contribution in [2.24, 2.45) is 0 Å². The average molecular weight is 280 g/mol. The minimum absolute atomic E-state index is 0.506. The van der Waals surface area contributed by atoms with E-state index in [1.807, 2.05) is 0 Å². The van der Waals surface area contributed by atoms with E-state index in [2.05, 4.69) is 46.1 Å². The molecule has 3 rings (SSSR count). The normalized spacial score (nSPS) is 23.6. The topological polar surface area (TPSA) is 3.24 Å². The Hall–Kier alpha value is -0.340. The quantitative estimate of drug-likeness (QED) is 0.704. The predicted molar refractivity (Wildman–Crippen MR) is 70.9 cm³/mol. The highest BCUT2D eigenvalue weighted by Gasteiger charge is 2.40. The molecular formula is C14H18BrN. The van der Waals surface area contributed by atoms with Crippen molar-refractivity contribution in [3.8, 4) is 0 Å². The van der Waals surface area contributed by atoms with Crippen LogP contribution in [0.25, 0.3) is 0 Å². The van der Waals surface area contributed by atoms with Crippen molar-refractivity contribution in [2.75, 3.05) is 20.1 Å². The Morgan fingerprint density at radius 2 is 1.94 bits per heavy atom. The molecule has 2 heteroatoms. The number of rotatable bonds is 0. The lowest BCUT2D eigenvalue weighted by atomic mass is 9.74. The molecule has 0 radical (unpaired) electrons. The van der Waals surface area contributed by atoms with E-state index in [-0.39, 0.29) is 0 Å². The van der Waals surface area contributed by atoms with Crippen LogP contribution in [0.1, 0.15) is 30.4 Å². The molecule has 0 bridgehead atoms. The highest BCUT2D eigenvalue weighted by Crippen LogP contribution is 2.46. The number of hydrogen-bond donors (Lipinski definition) is 0. The van der Waals surface area contributed by atoms with Gasteiger partial charge in [0.1, 0.15) is 0 Å². The molecule has 2 aliphatic rings. The van der Waals surface area contributed by atoms with E-state index in [0.717, 1.165) is 0 Å². The van der Waals surface area contributed by atoms with E-state index in [1.54, 1.807) is 11.1 Å². The molecule has 1 aromatic rings. The van der Waals surface area contributed by atoms with Crippen LogP contribution in [0, 0.1) is 0 Å². The zero-order valence-electron chi connectivity index (χ0n) is 9.80. The minimum atomic E-state index is 0.506. The molecule has 1 heterocycles. The fourth-order valence-electron chi connectivity index (χ4n) is 3.33. The zero-order valence-corrected chi connectivity index (χ0v) is 11.4. The average Bonchev–Trinajstić information content (AvgIpc) is 2.62. The van der Waals surface area contributed by atoms with Crippen molar-refractivity contribution in [3.63, 3.8) is 0 Å². The fourth-order valence-corrected chi connectivity index (χ4v) is 3.70. The molecule has 0 amide bonds. The summed E-state index contributed by atoms with van der Waals surface area (Å²) in [4.78, 5) is 2.46. The van der Waals surface area contributed by atoms with Gasteiger partial charge in [-0.25, -0.2) is 0 Å². The van der Waals surface area contributed by atoms with Crippen LogP contribution in [0.2, 0.25) is 0 Å². The van der Waals surface area contributed by atoms with E-state index in [9.17, 15) is 0 Å². The Bertz CT molecular complexity index is 405. The Morgan fingerprint density at radius 3 is 2.69 bits per heavy atom. The van der Waals surface area contributed by atoms with Gasteiger partial charge in [-0.1, -0.05) is 22.0 Å². The third kappa shape index (κ3) is 1.63. The number of piperidine rings is 1. The summed E-state index contributed by atoms with van der Waals surface area (Å²) in [5.74, 6) is 0. The summed E-state index contributed by atoms with van der Waals surface area (Å²) in [5, 5.41) is 0. The van der Waals surface area contributed by atoms with Crippen LogP contribution >= 0.6 is 15.9 Å². The second kappa shape index (κ2) is 3.85. The van der Waals surface area contributed by atoms with Gasteiger partial charge in [0, 0.05) is 4.47 Å². The van der Waals surface area contributed by atoms with Gasteiger partial charge >= 0.3 is 0 Å². The molecule has 0 unspecified atom stereocenters. The van der Waals surface area contributed by atoms with Crippen molar-refractivity contribution < 1.29 is 0 Å². The van der Waals surface area contributed by atoms with Gasteiger partial charge < -0.3 is 4.90 Å². The summed E-state index contributed by atoms with van der Waals surface area (Å²) < 4.78 is 1.24. The Labute approximate surface area is 106 Å². The number of aryl methyl sites for hydroxylation is 1. The first-order valence-corrected chi connectivity index (χ1v) is 6.96. The molecular weight excluding hydrogens is 262 g/mol. The van der Waals surface area contributed by atoms with Crippen LogP contribution in [0.4, 0.5) is 0 Å². The van der Waals surface area contributed by atoms with Crippen LogP contribution in [0.5, 0.6) is 0 Å². The summed E-state index contributed by atoms with van der Waals surface area (Å²) in [5.41, 5.74) is 3.73. The molecule has 1 aliphatic heterocycles. The zero-order chi connectivity index (χ0) is 11.2. The van der Waals surface area contributed by atoms with Gasteiger partial charge in [-0.05, 0) is 74.5 Å². The van der Waals surface area contributed by atoms with Crippen molar-refractivity contribution >= 4 is 15.9 Å². The van der Waals surface area contributed by atoms with Gasteiger partial charge in [0.25, 0.3) is 0 Å². The van der Waals surface area contributed by atoms with Gasteiger partial charge in [0.05, 0.1) is 0 Å². The Morgan fingerprint density at radius 1 is 1.19 bits per heavy atom. The first-order valence-electron chi connectivity index (χ1n) is 6.17. The predicted octanol–water partition coefficient (Wildman–Crippen LogP) is 3.36. The lowest BCUT2D eigenvalue weighted by molar-refractivity contribution is 0.187. The van der Waals surface area contributed by atoms with Crippen molar-refractivity contribution in [1.29, 1.82) is 0 Å². The van der Waals surface area contributed by atoms with E-state index < -0.39 is 0 Å². The summed E-state index contributed by atoms with van der Waals surface area (Å²) in [7, 11) is 2.24. The van der Waals surface area contributed by atoms with Crippen LogP contribution < -0.4 is 0 Å². The third-order valence-corrected chi connectivity index (χ3v) is 4.95. The van der Waals surface area contributed by atoms with E-state index in [1.165, 1.54) is 43.2 Å². The standard InChI is InChI=1S/C14H18BrN/c1-16-8-6-14(7-9-16)5-4-11-2-3-12(15)10-13(11)14/h2-3,10H,4-9H2,1H3. The summed E-state index contributed by atoms with van der Waals surface area (Å²) >= 11 is 3.62. The monoisotopic (exact) mass is 279 g/mol. The molecule has 1 aromatic carbocycles. The molecule has 1 fully saturated rings. The lowest BCUT2D eigenvalue weighted by Crippen LogP contribution is -2.39. The highest BCUT2D eigenvalue weighted by atomic mass is 79.9. The minimum Gasteiger partial charge on any atom is -0.306 e. The van der Waals surface area contributed by atoms with Crippen molar-refractivity contribution in [1.82, 2.24) is 4.90 Å². The second-order valence-electron chi connectivity index (χ2n) is 5.39. The Balaban J connectivity index is 1.98. The number of fused-ring (bicyclic) bond motifs is 2. The molecule has 0 aromatic heterocycles. The number of hydrogen-bond acceptors (Lipinski definition) is 1. The van der Waals surface area contributed by atoms with Crippen LogP contribution in [0.15, 0.2) is 22.7 Å². The number of halogens is 1. The van der Waals surface area contributed by atoms with Crippen molar-refractivity contribution in [3.05, 3.63) is 33.8 Å². The molecule has 86 valence electrons. The smallest absolute Gasteiger partial charge is 0.0178 e. The first kappa shape index (κ1) is 10.8. The Kier molecular flexibility index (Phi) is 2.60.